The van der Waals surface area contributed by atoms with E-state index in [1.807, 2.05) is 6.92 Å². The Balaban J connectivity index is 2.09. The third-order valence-corrected chi connectivity index (χ3v) is 2.91. The van der Waals surface area contributed by atoms with Crippen LogP contribution in [0.4, 0.5) is 5.82 Å². The van der Waals surface area contributed by atoms with E-state index in [-0.39, 0.29) is 17.9 Å². The number of rotatable bonds is 4. The van der Waals surface area contributed by atoms with Crippen molar-refractivity contribution in [3.8, 4) is 0 Å². The Morgan fingerprint density at radius 3 is 2.89 bits per heavy atom. The van der Waals surface area contributed by atoms with Crippen molar-refractivity contribution in [2.45, 2.75) is 19.1 Å². The average Bonchev–Trinajstić information content (AvgIpc) is 2.38. The van der Waals surface area contributed by atoms with E-state index in [2.05, 4.69) is 15.1 Å². The highest BCUT2D eigenvalue weighted by molar-refractivity contribution is 5.90. The topological polar surface area (TPSA) is 90.6 Å². The minimum atomic E-state index is -0.577. The van der Waals surface area contributed by atoms with Gasteiger partial charge in [0.25, 0.3) is 5.91 Å². The average molecular weight is 266 g/mol. The monoisotopic (exact) mass is 266 g/mol. The Hall–Kier alpha value is -1.73. The molecule has 0 aromatic carbocycles. The van der Waals surface area contributed by atoms with Crippen LogP contribution in [-0.4, -0.2) is 55.1 Å². The second-order valence-corrected chi connectivity index (χ2v) is 4.57. The molecule has 0 bridgehead atoms. The van der Waals surface area contributed by atoms with Crippen LogP contribution >= 0.6 is 0 Å². The zero-order valence-corrected chi connectivity index (χ0v) is 11.1. The maximum absolute atomic E-state index is 10.9. The predicted molar refractivity (Wildman–Crippen MR) is 69.0 cm³/mol. The first-order valence-corrected chi connectivity index (χ1v) is 6.13. The van der Waals surface area contributed by atoms with Crippen molar-refractivity contribution in [3.63, 3.8) is 0 Å². The lowest BCUT2D eigenvalue weighted by Gasteiger charge is -2.36. The molecule has 0 saturated carbocycles. The van der Waals surface area contributed by atoms with Crippen molar-refractivity contribution in [2.24, 2.45) is 5.73 Å². The van der Waals surface area contributed by atoms with Crippen LogP contribution in [-0.2, 0) is 9.47 Å². The van der Waals surface area contributed by atoms with Gasteiger partial charge in [0.1, 0.15) is 0 Å². The number of carbonyl (C=O) groups excluding carboxylic acids is 1. The molecule has 1 saturated heterocycles. The van der Waals surface area contributed by atoms with Crippen LogP contribution in [0, 0.1) is 0 Å². The van der Waals surface area contributed by atoms with Crippen LogP contribution in [0.1, 0.15) is 17.4 Å². The van der Waals surface area contributed by atoms with Gasteiger partial charge in [-0.1, -0.05) is 0 Å². The van der Waals surface area contributed by atoms with Gasteiger partial charge in [-0.05, 0) is 19.1 Å². The fraction of sp³-hybridized carbons (Fsp3) is 0.583. The van der Waals surface area contributed by atoms with Gasteiger partial charge in [0.2, 0.25) is 0 Å². The van der Waals surface area contributed by atoms with Gasteiger partial charge in [-0.2, -0.15) is 0 Å². The molecule has 19 heavy (non-hydrogen) atoms. The van der Waals surface area contributed by atoms with Gasteiger partial charge in [0.15, 0.2) is 11.5 Å². The molecule has 1 aromatic heterocycles. The molecular weight excluding hydrogens is 248 g/mol. The zero-order valence-electron chi connectivity index (χ0n) is 11.1. The minimum Gasteiger partial charge on any atom is -0.382 e. The van der Waals surface area contributed by atoms with Gasteiger partial charge in [0, 0.05) is 20.2 Å². The SMILES string of the molecule is COCC1CN(c2ccc(C(N)=O)nn2)CC(C)O1. The Labute approximate surface area is 111 Å². The van der Waals surface area contributed by atoms with E-state index in [1.165, 1.54) is 0 Å². The molecule has 2 atom stereocenters. The van der Waals surface area contributed by atoms with E-state index in [1.54, 1.807) is 19.2 Å². The molecule has 2 N–H and O–H groups in total. The number of hydrogen-bond acceptors (Lipinski definition) is 6. The van der Waals surface area contributed by atoms with E-state index in [0.29, 0.717) is 19.0 Å². The number of morpholine rings is 1. The fourth-order valence-corrected chi connectivity index (χ4v) is 2.14. The largest absolute Gasteiger partial charge is 0.382 e. The molecular formula is C12H18N4O3. The first-order valence-electron chi connectivity index (χ1n) is 6.13. The molecule has 1 aliphatic heterocycles. The lowest BCUT2D eigenvalue weighted by atomic mass is 10.2. The van der Waals surface area contributed by atoms with Crippen LogP contribution in [0.25, 0.3) is 0 Å². The third kappa shape index (κ3) is 3.39. The summed E-state index contributed by atoms with van der Waals surface area (Å²) in [5.74, 6) is 0.132. The summed E-state index contributed by atoms with van der Waals surface area (Å²) in [6.45, 7) is 3.95. The second kappa shape index (κ2) is 5.94. The number of hydrogen-bond donors (Lipinski definition) is 1. The Morgan fingerprint density at radius 1 is 1.53 bits per heavy atom. The van der Waals surface area contributed by atoms with Crippen LogP contribution in [0.5, 0.6) is 0 Å². The van der Waals surface area contributed by atoms with Gasteiger partial charge >= 0.3 is 0 Å². The number of nitrogens with zero attached hydrogens (tertiary/aromatic N) is 3. The van der Waals surface area contributed by atoms with Gasteiger partial charge in [-0.15, -0.1) is 10.2 Å². The number of amides is 1. The van der Waals surface area contributed by atoms with Crippen LogP contribution in [0.3, 0.4) is 0 Å². The molecule has 0 radical (unpaired) electrons. The van der Waals surface area contributed by atoms with Crippen molar-refractivity contribution >= 4 is 11.7 Å². The number of anilines is 1. The van der Waals surface area contributed by atoms with Gasteiger partial charge in [-0.25, -0.2) is 0 Å². The normalized spacial score (nSPS) is 23.4. The van der Waals surface area contributed by atoms with Crippen molar-refractivity contribution in [2.75, 3.05) is 31.7 Å². The molecule has 104 valence electrons. The molecule has 2 heterocycles. The summed E-state index contributed by atoms with van der Waals surface area (Å²) in [7, 11) is 1.65. The maximum Gasteiger partial charge on any atom is 0.269 e. The molecule has 0 aliphatic carbocycles. The summed E-state index contributed by atoms with van der Waals surface area (Å²) >= 11 is 0. The molecule has 7 nitrogen and oxygen atoms in total. The standard InChI is InChI=1S/C12H18N4O3/c1-8-5-16(6-9(19-8)7-18-2)11-4-3-10(12(13)17)14-15-11/h3-4,8-9H,5-7H2,1-2H3,(H2,13,17). The summed E-state index contributed by atoms with van der Waals surface area (Å²) in [6.07, 6.45) is 0.0953. The van der Waals surface area contributed by atoms with Crippen LogP contribution in [0.2, 0.25) is 0 Å². The van der Waals surface area contributed by atoms with Crippen molar-refractivity contribution < 1.29 is 14.3 Å². The molecule has 0 spiro atoms. The van der Waals surface area contributed by atoms with Crippen molar-refractivity contribution in [1.82, 2.24) is 10.2 Å². The number of carbonyl (C=O) groups is 1. The molecule has 1 aliphatic rings. The summed E-state index contributed by atoms with van der Waals surface area (Å²) < 4.78 is 10.9. The highest BCUT2D eigenvalue weighted by atomic mass is 16.5. The van der Waals surface area contributed by atoms with E-state index in [0.717, 1.165) is 6.54 Å². The van der Waals surface area contributed by atoms with Crippen LogP contribution < -0.4 is 10.6 Å². The van der Waals surface area contributed by atoms with E-state index < -0.39 is 5.91 Å². The van der Waals surface area contributed by atoms with Crippen molar-refractivity contribution in [3.05, 3.63) is 17.8 Å². The first kappa shape index (κ1) is 13.7. The molecule has 2 unspecified atom stereocenters. The Bertz CT molecular complexity index is 437. The lowest BCUT2D eigenvalue weighted by Crippen LogP contribution is -2.48. The van der Waals surface area contributed by atoms with E-state index >= 15 is 0 Å². The zero-order chi connectivity index (χ0) is 13.8. The highest BCUT2D eigenvalue weighted by Crippen LogP contribution is 2.17. The Kier molecular flexibility index (Phi) is 4.28. The molecule has 2 rings (SSSR count). The lowest BCUT2D eigenvalue weighted by molar-refractivity contribution is -0.0513. The molecule has 1 aromatic rings. The van der Waals surface area contributed by atoms with Crippen LogP contribution in [0.15, 0.2) is 12.1 Å². The van der Waals surface area contributed by atoms with Gasteiger partial charge in [0.05, 0.1) is 18.8 Å². The van der Waals surface area contributed by atoms with Crippen molar-refractivity contribution in [1.29, 1.82) is 0 Å². The van der Waals surface area contributed by atoms with Gasteiger partial charge < -0.3 is 20.1 Å². The number of aromatic nitrogens is 2. The number of methoxy groups -OCH3 is 1. The summed E-state index contributed by atoms with van der Waals surface area (Å²) in [5.41, 5.74) is 5.30. The number of ether oxygens (including phenoxy) is 2. The summed E-state index contributed by atoms with van der Waals surface area (Å²) in [4.78, 5) is 13.0. The summed E-state index contributed by atoms with van der Waals surface area (Å²) in [6, 6.07) is 3.32. The predicted octanol–water partition coefficient (Wildman–Crippen LogP) is -0.184. The third-order valence-electron chi connectivity index (χ3n) is 2.91. The number of nitrogens with two attached hydrogens (primary N) is 1. The second-order valence-electron chi connectivity index (χ2n) is 4.57. The first-order chi connectivity index (χ1) is 9.10. The maximum atomic E-state index is 10.9. The quantitative estimate of drug-likeness (QED) is 0.812. The van der Waals surface area contributed by atoms with E-state index in [9.17, 15) is 4.79 Å². The van der Waals surface area contributed by atoms with Gasteiger partial charge in [-0.3, -0.25) is 4.79 Å². The molecule has 7 heteroatoms. The molecule has 1 amide bonds. The minimum absolute atomic E-state index is 0.00590. The highest BCUT2D eigenvalue weighted by Gasteiger charge is 2.26. The van der Waals surface area contributed by atoms with E-state index in [4.69, 9.17) is 15.2 Å². The number of primary amides is 1. The Morgan fingerprint density at radius 2 is 2.32 bits per heavy atom. The smallest absolute Gasteiger partial charge is 0.269 e. The molecule has 1 fully saturated rings. The summed E-state index contributed by atoms with van der Waals surface area (Å²) in [5, 5.41) is 7.84. The fourth-order valence-electron chi connectivity index (χ4n) is 2.14.